The zero-order valence-corrected chi connectivity index (χ0v) is 9.52. The van der Waals surface area contributed by atoms with Crippen molar-refractivity contribution in [2.24, 2.45) is 0 Å². The van der Waals surface area contributed by atoms with E-state index in [1.165, 1.54) is 18.2 Å². The van der Waals surface area contributed by atoms with Gasteiger partial charge in [-0.05, 0) is 0 Å². The predicted octanol–water partition coefficient (Wildman–Crippen LogP) is 1.77. The van der Waals surface area contributed by atoms with Crippen LogP contribution in [-0.4, -0.2) is 10.7 Å². The molecule has 0 saturated carbocycles. The fourth-order valence-electron chi connectivity index (χ4n) is 1.59. The number of aromatic nitrogens is 1. The Bertz CT molecular complexity index is 582. The summed E-state index contributed by atoms with van der Waals surface area (Å²) in [6, 6.07) is 11.3. The highest BCUT2D eigenvalue weighted by molar-refractivity contribution is 5.95. The van der Waals surface area contributed by atoms with E-state index in [1.807, 2.05) is 18.2 Å². The standard InChI is InChI=1S/C13H11N2O3/c16-13(10-14-7-2-1-3-8-14)11-5-4-6-12(9-11)15(17)18/h1-9H,10H2/q+1. The molecule has 0 amide bonds. The second-order valence-electron chi connectivity index (χ2n) is 3.78. The zero-order valence-electron chi connectivity index (χ0n) is 9.52. The quantitative estimate of drug-likeness (QED) is 0.356. The summed E-state index contributed by atoms with van der Waals surface area (Å²) in [5.74, 6) is -0.157. The van der Waals surface area contributed by atoms with Gasteiger partial charge in [-0.1, -0.05) is 18.2 Å². The predicted molar refractivity (Wildman–Crippen MR) is 64.1 cm³/mol. The molecule has 0 radical (unpaired) electrons. The van der Waals surface area contributed by atoms with Gasteiger partial charge >= 0.3 is 0 Å². The molecule has 0 unspecified atom stereocenters. The van der Waals surface area contributed by atoms with Crippen LogP contribution in [0, 0.1) is 10.1 Å². The number of nitro benzene ring substituents is 1. The molecule has 1 aromatic carbocycles. The van der Waals surface area contributed by atoms with Crippen molar-refractivity contribution in [2.45, 2.75) is 6.54 Å². The SMILES string of the molecule is O=C(C[n+]1ccccc1)c1cccc([N+](=O)[O-])c1. The second kappa shape index (κ2) is 5.18. The monoisotopic (exact) mass is 243 g/mol. The molecule has 2 aromatic rings. The number of nitro groups is 1. The van der Waals surface area contributed by atoms with Gasteiger partial charge in [0.05, 0.1) is 4.92 Å². The van der Waals surface area contributed by atoms with Crippen molar-refractivity contribution >= 4 is 11.5 Å². The van der Waals surface area contributed by atoms with Crippen LogP contribution in [0.2, 0.25) is 0 Å². The third-order valence-electron chi connectivity index (χ3n) is 2.48. The molecule has 5 heteroatoms. The van der Waals surface area contributed by atoms with Crippen molar-refractivity contribution in [1.82, 2.24) is 0 Å². The minimum atomic E-state index is -0.508. The van der Waals surface area contributed by atoms with Crippen molar-refractivity contribution in [1.29, 1.82) is 0 Å². The summed E-state index contributed by atoms with van der Waals surface area (Å²) in [5, 5.41) is 10.6. The number of ketones is 1. The average Bonchev–Trinajstić information content (AvgIpc) is 2.40. The molecular weight excluding hydrogens is 232 g/mol. The van der Waals surface area contributed by atoms with Gasteiger partial charge in [0.1, 0.15) is 0 Å². The second-order valence-corrected chi connectivity index (χ2v) is 3.78. The van der Waals surface area contributed by atoms with E-state index in [9.17, 15) is 14.9 Å². The number of carbonyl (C=O) groups is 1. The number of hydrogen-bond acceptors (Lipinski definition) is 3. The Balaban J connectivity index is 2.19. The van der Waals surface area contributed by atoms with Gasteiger partial charge in [0.2, 0.25) is 12.3 Å². The average molecular weight is 243 g/mol. The first-order valence-electron chi connectivity index (χ1n) is 5.38. The highest BCUT2D eigenvalue weighted by Gasteiger charge is 2.14. The van der Waals surface area contributed by atoms with E-state index < -0.39 is 4.92 Å². The van der Waals surface area contributed by atoms with Crippen LogP contribution in [0.25, 0.3) is 0 Å². The van der Waals surface area contributed by atoms with Crippen molar-refractivity contribution in [3.63, 3.8) is 0 Å². The number of pyridine rings is 1. The van der Waals surface area contributed by atoms with Crippen molar-refractivity contribution in [2.75, 3.05) is 0 Å². The molecular formula is C13H11N2O3+. The smallest absolute Gasteiger partial charge is 0.270 e. The van der Waals surface area contributed by atoms with E-state index in [-0.39, 0.29) is 18.0 Å². The summed E-state index contributed by atoms with van der Waals surface area (Å²) in [4.78, 5) is 22.1. The first-order chi connectivity index (χ1) is 8.66. The van der Waals surface area contributed by atoms with Crippen LogP contribution >= 0.6 is 0 Å². The highest BCUT2D eigenvalue weighted by Crippen LogP contribution is 2.13. The molecule has 0 fully saturated rings. The first-order valence-corrected chi connectivity index (χ1v) is 5.38. The third kappa shape index (κ3) is 2.76. The van der Waals surface area contributed by atoms with E-state index in [0.29, 0.717) is 5.56 Å². The van der Waals surface area contributed by atoms with Gasteiger partial charge in [0, 0.05) is 29.8 Å². The summed E-state index contributed by atoms with van der Waals surface area (Å²) < 4.78 is 1.72. The van der Waals surface area contributed by atoms with Crippen molar-refractivity contribution < 1.29 is 14.3 Å². The highest BCUT2D eigenvalue weighted by atomic mass is 16.6. The fraction of sp³-hybridized carbons (Fsp3) is 0.0769. The van der Waals surface area contributed by atoms with Gasteiger partial charge in [-0.2, -0.15) is 4.57 Å². The van der Waals surface area contributed by atoms with Gasteiger partial charge in [0.25, 0.3) is 5.69 Å². The zero-order chi connectivity index (χ0) is 13.0. The Morgan fingerprint density at radius 2 is 1.89 bits per heavy atom. The normalized spacial score (nSPS) is 10.0. The van der Waals surface area contributed by atoms with Gasteiger partial charge in [-0.15, -0.1) is 0 Å². The number of Topliss-reactive ketones (excluding diaryl/α,β-unsaturated/α-hetero) is 1. The maximum atomic E-state index is 11.9. The Labute approximate surface area is 103 Å². The third-order valence-corrected chi connectivity index (χ3v) is 2.48. The molecule has 18 heavy (non-hydrogen) atoms. The number of hydrogen-bond donors (Lipinski definition) is 0. The number of benzene rings is 1. The minimum absolute atomic E-state index is 0.0705. The van der Waals surface area contributed by atoms with E-state index in [4.69, 9.17) is 0 Å². The van der Waals surface area contributed by atoms with E-state index >= 15 is 0 Å². The first kappa shape index (κ1) is 11.9. The van der Waals surface area contributed by atoms with Crippen LogP contribution in [0.5, 0.6) is 0 Å². The molecule has 0 saturated heterocycles. The molecule has 0 aliphatic rings. The molecule has 0 N–H and O–H groups in total. The summed E-state index contributed by atoms with van der Waals surface area (Å²) in [6.45, 7) is 0.169. The van der Waals surface area contributed by atoms with Crippen LogP contribution in [-0.2, 0) is 6.54 Å². The molecule has 90 valence electrons. The molecule has 0 aliphatic carbocycles. The molecule has 1 heterocycles. The number of nitrogens with zero attached hydrogens (tertiary/aromatic N) is 2. The van der Waals surface area contributed by atoms with Crippen LogP contribution in [0.4, 0.5) is 5.69 Å². The number of carbonyl (C=O) groups excluding carboxylic acids is 1. The molecule has 0 atom stereocenters. The Morgan fingerprint density at radius 3 is 2.56 bits per heavy atom. The van der Waals surface area contributed by atoms with E-state index in [1.54, 1.807) is 23.0 Å². The number of rotatable bonds is 4. The van der Waals surface area contributed by atoms with Crippen LogP contribution in [0.15, 0.2) is 54.9 Å². The Hall–Kier alpha value is -2.56. The maximum absolute atomic E-state index is 11.9. The fourth-order valence-corrected chi connectivity index (χ4v) is 1.59. The van der Waals surface area contributed by atoms with Gasteiger partial charge in [-0.3, -0.25) is 14.9 Å². The molecule has 0 bridgehead atoms. The molecule has 2 rings (SSSR count). The molecule has 0 aliphatic heterocycles. The van der Waals surface area contributed by atoms with Gasteiger partial charge < -0.3 is 0 Å². The van der Waals surface area contributed by atoms with Crippen molar-refractivity contribution in [3.05, 3.63) is 70.5 Å². The van der Waals surface area contributed by atoms with Crippen LogP contribution in [0.3, 0.4) is 0 Å². The van der Waals surface area contributed by atoms with Gasteiger partial charge in [0.15, 0.2) is 12.4 Å². The van der Waals surface area contributed by atoms with E-state index in [2.05, 4.69) is 0 Å². The van der Waals surface area contributed by atoms with E-state index in [0.717, 1.165) is 0 Å². The van der Waals surface area contributed by atoms with Crippen LogP contribution in [0.1, 0.15) is 10.4 Å². The summed E-state index contributed by atoms with van der Waals surface area (Å²) in [6.07, 6.45) is 3.55. The lowest BCUT2D eigenvalue weighted by Crippen LogP contribution is -2.36. The Kier molecular flexibility index (Phi) is 3.43. The van der Waals surface area contributed by atoms with Crippen molar-refractivity contribution in [3.8, 4) is 0 Å². The molecule has 5 nitrogen and oxygen atoms in total. The maximum Gasteiger partial charge on any atom is 0.270 e. The van der Waals surface area contributed by atoms with Crippen LogP contribution < -0.4 is 4.57 Å². The molecule has 1 aromatic heterocycles. The lowest BCUT2D eigenvalue weighted by Gasteiger charge is -1.98. The summed E-state index contributed by atoms with van der Waals surface area (Å²) in [7, 11) is 0. The van der Waals surface area contributed by atoms with Gasteiger partial charge in [-0.25, -0.2) is 0 Å². The topological polar surface area (TPSA) is 64.1 Å². The summed E-state index contributed by atoms with van der Waals surface area (Å²) >= 11 is 0. The number of non-ortho nitro benzene ring substituents is 1. The lowest BCUT2D eigenvalue weighted by molar-refractivity contribution is -0.683. The molecule has 0 spiro atoms. The Morgan fingerprint density at radius 1 is 1.17 bits per heavy atom. The largest absolute Gasteiger partial charge is 0.287 e. The minimum Gasteiger partial charge on any atom is -0.287 e. The lowest BCUT2D eigenvalue weighted by atomic mass is 10.1. The summed E-state index contributed by atoms with van der Waals surface area (Å²) in [5.41, 5.74) is 0.277.